The molecule has 2 bridgehead atoms. The van der Waals surface area contributed by atoms with E-state index in [0.29, 0.717) is 6.04 Å². The summed E-state index contributed by atoms with van der Waals surface area (Å²) in [5.41, 5.74) is 1.04. The molecule has 0 aromatic carbocycles. The van der Waals surface area contributed by atoms with E-state index in [0.717, 1.165) is 29.8 Å². The molecule has 1 saturated carbocycles. The second kappa shape index (κ2) is 3.22. The van der Waals surface area contributed by atoms with Crippen molar-refractivity contribution in [3.63, 3.8) is 0 Å². The number of aromatic nitrogens is 1. The number of pyridine rings is 1. The number of ether oxygens (including phenoxy) is 1. The summed E-state index contributed by atoms with van der Waals surface area (Å²) in [7, 11) is 0. The van der Waals surface area contributed by atoms with Crippen LogP contribution in [0.15, 0.2) is 18.3 Å². The summed E-state index contributed by atoms with van der Waals surface area (Å²) in [6.07, 6.45) is 6.87. The topological polar surface area (TPSA) is 34.2 Å². The molecule has 4 atom stereocenters. The third-order valence-corrected chi connectivity index (χ3v) is 4.73. The maximum Gasteiger partial charge on any atom is 0.141 e. The molecule has 1 aromatic heterocycles. The highest BCUT2D eigenvalue weighted by atomic mass is 16.5. The maximum absolute atomic E-state index is 6.21. The van der Waals surface area contributed by atoms with Gasteiger partial charge in [0.15, 0.2) is 0 Å². The van der Waals surface area contributed by atoms with Gasteiger partial charge in [-0.25, -0.2) is 0 Å². The lowest BCUT2D eigenvalue weighted by Crippen LogP contribution is -2.54. The van der Waals surface area contributed by atoms with Crippen LogP contribution < -0.4 is 10.1 Å². The van der Waals surface area contributed by atoms with Crippen LogP contribution in [0.2, 0.25) is 0 Å². The monoisotopic (exact) mass is 230 g/mol. The van der Waals surface area contributed by atoms with E-state index >= 15 is 0 Å². The van der Waals surface area contributed by atoms with Crippen molar-refractivity contribution in [2.75, 3.05) is 0 Å². The molecule has 1 aromatic rings. The third kappa shape index (κ3) is 1.35. The third-order valence-electron chi connectivity index (χ3n) is 4.73. The van der Waals surface area contributed by atoms with Gasteiger partial charge in [0, 0.05) is 18.7 Å². The lowest BCUT2D eigenvalue weighted by Gasteiger charge is -2.36. The van der Waals surface area contributed by atoms with Crippen LogP contribution in [0.3, 0.4) is 0 Å². The van der Waals surface area contributed by atoms with E-state index in [4.69, 9.17) is 4.74 Å². The number of fused-ring (bicyclic) bond motifs is 3. The fourth-order valence-corrected chi connectivity index (χ4v) is 3.98. The largest absolute Gasteiger partial charge is 0.484 e. The van der Waals surface area contributed by atoms with E-state index in [1.807, 2.05) is 18.3 Å². The molecule has 1 N–H and O–H groups in total. The fourth-order valence-electron chi connectivity index (χ4n) is 3.98. The zero-order valence-corrected chi connectivity index (χ0v) is 10.1. The Morgan fingerprint density at radius 3 is 3.12 bits per heavy atom. The van der Waals surface area contributed by atoms with Gasteiger partial charge in [0.25, 0.3) is 0 Å². The highest BCUT2D eigenvalue weighted by molar-refractivity contribution is 5.35. The molecule has 3 heterocycles. The molecular formula is C14H18N2O. The van der Waals surface area contributed by atoms with Gasteiger partial charge in [0.1, 0.15) is 11.4 Å². The number of nitrogens with zero attached hydrogens (tertiary/aromatic N) is 1. The summed E-state index contributed by atoms with van der Waals surface area (Å²) in [5, 5.41) is 3.75. The van der Waals surface area contributed by atoms with E-state index in [1.54, 1.807) is 0 Å². The smallest absolute Gasteiger partial charge is 0.141 e. The summed E-state index contributed by atoms with van der Waals surface area (Å²) >= 11 is 0. The van der Waals surface area contributed by atoms with Gasteiger partial charge in [-0.2, -0.15) is 0 Å². The van der Waals surface area contributed by atoms with Gasteiger partial charge in [0.05, 0.1) is 11.7 Å². The standard InChI is InChI=1S/C14H18N2O/c1-14(13-9-4-5-10(7-9)16-13)8-11-12(17-14)3-2-6-15-11/h2-3,6,9-10,13,16H,4-5,7-8H2,1H3/t9-,10+,13-,14?/m0/s1. The lowest BCUT2D eigenvalue weighted by molar-refractivity contribution is 0.0498. The molecule has 4 rings (SSSR count). The van der Waals surface area contributed by atoms with Gasteiger partial charge >= 0.3 is 0 Å². The molecule has 3 nitrogen and oxygen atoms in total. The van der Waals surface area contributed by atoms with Gasteiger partial charge in [-0.3, -0.25) is 4.98 Å². The molecule has 90 valence electrons. The van der Waals surface area contributed by atoms with E-state index in [2.05, 4.69) is 17.2 Å². The summed E-state index contributed by atoms with van der Waals surface area (Å²) < 4.78 is 6.21. The highest BCUT2D eigenvalue weighted by Crippen LogP contribution is 2.45. The first kappa shape index (κ1) is 9.89. The zero-order valence-electron chi connectivity index (χ0n) is 10.1. The predicted molar refractivity (Wildman–Crippen MR) is 65.0 cm³/mol. The van der Waals surface area contributed by atoms with Crippen molar-refractivity contribution in [3.05, 3.63) is 24.0 Å². The number of rotatable bonds is 1. The number of hydrogen-bond acceptors (Lipinski definition) is 3. The molecule has 1 aliphatic carbocycles. The van der Waals surface area contributed by atoms with E-state index in [-0.39, 0.29) is 5.60 Å². The first-order valence-electron chi connectivity index (χ1n) is 6.63. The van der Waals surface area contributed by atoms with Crippen LogP contribution in [0.1, 0.15) is 31.9 Å². The summed E-state index contributed by atoms with van der Waals surface area (Å²) in [4.78, 5) is 4.44. The number of nitrogens with one attached hydrogen (secondary N) is 1. The quantitative estimate of drug-likeness (QED) is 0.800. The van der Waals surface area contributed by atoms with Crippen molar-refractivity contribution >= 4 is 0 Å². The van der Waals surface area contributed by atoms with E-state index in [9.17, 15) is 0 Å². The van der Waals surface area contributed by atoms with Gasteiger partial charge in [-0.15, -0.1) is 0 Å². The average molecular weight is 230 g/mol. The van der Waals surface area contributed by atoms with Crippen molar-refractivity contribution < 1.29 is 4.74 Å². The van der Waals surface area contributed by atoms with Crippen molar-refractivity contribution in [2.24, 2.45) is 5.92 Å². The highest BCUT2D eigenvalue weighted by Gasteiger charge is 2.52. The normalized spacial score (nSPS) is 42.5. The molecule has 3 heteroatoms. The van der Waals surface area contributed by atoms with Crippen LogP contribution >= 0.6 is 0 Å². The van der Waals surface area contributed by atoms with Gasteiger partial charge in [-0.1, -0.05) is 0 Å². The molecule has 0 amide bonds. The number of piperidine rings is 1. The minimum atomic E-state index is -0.0868. The van der Waals surface area contributed by atoms with Crippen molar-refractivity contribution in [2.45, 2.75) is 50.3 Å². The van der Waals surface area contributed by atoms with Gasteiger partial charge in [0.2, 0.25) is 0 Å². The maximum atomic E-state index is 6.21. The minimum Gasteiger partial charge on any atom is -0.484 e. The molecule has 3 aliphatic rings. The van der Waals surface area contributed by atoms with Crippen molar-refractivity contribution in [3.8, 4) is 5.75 Å². The van der Waals surface area contributed by atoms with E-state index in [1.165, 1.54) is 19.3 Å². The van der Waals surface area contributed by atoms with Crippen LogP contribution in [-0.2, 0) is 6.42 Å². The Morgan fingerprint density at radius 1 is 1.47 bits per heavy atom. The predicted octanol–water partition coefficient (Wildman–Crippen LogP) is 1.92. The molecule has 0 radical (unpaired) electrons. The Kier molecular flexibility index (Phi) is 1.88. The second-order valence-corrected chi connectivity index (χ2v) is 5.95. The first-order valence-corrected chi connectivity index (χ1v) is 6.63. The average Bonchev–Trinajstić information content (AvgIpc) is 3.00. The van der Waals surface area contributed by atoms with Crippen molar-refractivity contribution in [1.29, 1.82) is 0 Å². The van der Waals surface area contributed by atoms with Crippen LogP contribution in [-0.4, -0.2) is 22.7 Å². The molecule has 2 aliphatic heterocycles. The Bertz CT molecular complexity index is 434. The SMILES string of the molecule is CC1([C@H]2N[C@@H]3CC[C@H]2C3)Cc2ncccc2O1. The number of hydrogen-bond donors (Lipinski definition) is 1. The summed E-state index contributed by atoms with van der Waals surface area (Å²) in [5.74, 6) is 1.79. The molecule has 1 unspecified atom stereocenters. The Balaban J connectivity index is 1.64. The first-order chi connectivity index (χ1) is 8.24. The Labute approximate surface area is 102 Å². The molecular weight excluding hydrogens is 212 g/mol. The van der Waals surface area contributed by atoms with Crippen LogP contribution in [0.25, 0.3) is 0 Å². The lowest BCUT2D eigenvalue weighted by atomic mass is 9.84. The second-order valence-electron chi connectivity index (χ2n) is 5.95. The minimum absolute atomic E-state index is 0.0868. The molecule has 1 saturated heterocycles. The summed E-state index contributed by atoms with van der Waals surface area (Å²) in [6.45, 7) is 2.24. The summed E-state index contributed by atoms with van der Waals surface area (Å²) in [6, 6.07) is 5.25. The molecule has 0 spiro atoms. The fraction of sp³-hybridized carbons (Fsp3) is 0.643. The van der Waals surface area contributed by atoms with Gasteiger partial charge in [-0.05, 0) is 44.2 Å². The molecule has 2 fully saturated rings. The Morgan fingerprint density at radius 2 is 2.41 bits per heavy atom. The van der Waals surface area contributed by atoms with Crippen LogP contribution in [0.4, 0.5) is 0 Å². The van der Waals surface area contributed by atoms with Gasteiger partial charge < -0.3 is 10.1 Å². The zero-order chi connectivity index (χ0) is 11.5. The van der Waals surface area contributed by atoms with E-state index < -0.39 is 0 Å². The Hall–Kier alpha value is -1.09. The van der Waals surface area contributed by atoms with Crippen LogP contribution in [0.5, 0.6) is 5.75 Å². The molecule has 17 heavy (non-hydrogen) atoms. The van der Waals surface area contributed by atoms with Crippen molar-refractivity contribution in [1.82, 2.24) is 10.3 Å². The van der Waals surface area contributed by atoms with Crippen LogP contribution in [0, 0.1) is 5.92 Å².